The normalized spacial score (nSPS) is 27.1. The average Bonchev–Trinajstić information content (AvgIpc) is 2.81. The van der Waals surface area contributed by atoms with Gasteiger partial charge in [-0.25, -0.2) is 0 Å². The van der Waals surface area contributed by atoms with E-state index in [9.17, 15) is 5.11 Å². The molecule has 0 amide bonds. The fraction of sp³-hybridized carbons (Fsp3) is 0.600. The van der Waals surface area contributed by atoms with Crippen molar-refractivity contribution in [2.75, 3.05) is 19.8 Å². The van der Waals surface area contributed by atoms with Crippen LogP contribution < -0.4 is 0 Å². The van der Waals surface area contributed by atoms with Crippen molar-refractivity contribution in [3.8, 4) is 0 Å². The quantitative estimate of drug-likeness (QED) is 0.392. The van der Waals surface area contributed by atoms with Crippen LogP contribution in [0.4, 0.5) is 0 Å². The van der Waals surface area contributed by atoms with E-state index in [4.69, 9.17) is 0 Å². The van der Waals surface area contributed by atoms with Crippen molar-refractivity contribution in [1.29, 1.82) is 0 Å². The lowest BCUT2D eigenvalue weighted by atomic mass is 9.52. The highest BCUT2D eigenvalue weighted by Gasteiger charge is 2.53. The van der Waals surface area contributed by atoms with Crippen LogP contribution in [0.1, 0.15) is 94.1 Å². The van der Waals surface area contributed by atoms with Crippen molar-refractivity contribution in [1.82, 2.24) is 4.90 Å². The Balaban J connectivity index is 0.00000324. The van der Waals surface area contributed by atoms with Gasteiger partial charge in [0, 0.05) is 17.0 Å². The molecule has 2 aromatic rings. The van der Waals surface area contributed by atoms with E-state index in [-0.39, 0.29) is 23.4 Å². The van der Waals surface area contributed by atoms with Gasteiger partial charge in [-0.15, -0.1) is 24.2 Å². The smallest absolute Gasteiger partial charge is 0.0802 e. The third kappa shape index (κ3) is 5.09. The fourth-order valence-corrected chi connectivity index (χ4v) is 7.27. The number of nitrogens with zero attached hydrogens (tertiary/aromatic N) is 1. The van der Waals surface area contributed by atoms with Crippen molar-refractivity contribution in [2.45, 2.75) is 94.1 Å². The molecule has 2 aliphatic carbocycles. The molecule has 4 rings (SSSR count). The fourth-order valence-electron chi connectivity index (χ4n) is 6.86. The van der Waals surface area contributed by atoms with E-state index in [0.29, 0.717) is 11.8 Å². The second-order valence-corrected chi connectivity index (χ2v) is 12.2. The number of thioether (sulfide) groups is 1. The van der Waals surface area contributed by atoms with Gasteiger partial charge in [0.1, 0.15) is 0 Å². The van der Waals surface area contributed by atoms with Gasteiger partial charge >= 0.3 is 0 Å². The summed E-state index contributed by atoms with van der Waals surface area (Å²) < 4.78 is 0. The molecule has 2 aliphatic rings. The van der Waals surface area contributed by atoms with E-state index >= 15 is 0 Å². The lowest BCUT2D eigenvalue weighted by molar-refractivity contribution is -0.0258. The van der Waals surface area contributed by atoms with Crippen LogP contribution in [0.5, 0.6) is 0 Å². The van der Waals surface area contributed by atoms with Gasteiger partial charge < -0.3 is 10.0 Å². The zero-order chi connectivity index (χ0) is 23.8. The minimum Gasteiger partial charge on any atom is -0.388 e. The molecular formula is C30H44ClNOS. The van der Waals surface area contributed by atoms with Crippen molar-refractivity contribution in [3.63, 3.8) is 0 Å². The molecule has 0 spiro atoms. The Labute approximate surface area is 218 Å². The predicted molar refractivity (Wildman–Crippen MR) is 150 cm³/mol. The Morgan fingerprint density at radius 1 is 1.06 bits per heavy atom. The van der Waals surface area contributed by atoms with Gasteiger partial charge in [-0.2, -0.15) is 0 Å². The molecular weight excluding hydrogens is 458 g/mol. The molecule has 1 N–H and O–H groups in total. The third-order valence-corrected chi connectivity index (χ3v) is 9.87. The lowest BCUT2D eigenvalue weighted by Gasteiger charge is -2.58. The van der Waals surface area contributed by atoms with Crippen molar-refractivity contribution in [2.24, 2.45) is 5.92 Å². The molecule has 0 radical (unpaired) electrons. The molecule has 2 nitrogen and oxygen atoms in total. The molecule has 4 atom stereocenters. The molecule has 1 saturated carbocycles. The van der Waals surface area contributed by atoms with Crippen molar-refractivity contribution >= 4 is 24.2 Å². The topological polar surface area (TPSA) is 23.5 Å². The molecule has 0 bridgehead atoms. The molecule has 34 heavy (non-hydrogen) atoms. The van der Waals surface area contributed by atoms with E-state index in [2.05, 4.69) is 88.4 Å². The summed E-state index contributed by atoms with van der Waals surface area (Å²) in [7, 11) is 2.30. The molecule has 0 heterocycles. The zero-order valence-corrected chi connectivity index (χ0v) is 23.6. The molecule has 1 fully saturated rings. The lowest BCUT2D eigenvalue weighted by Crippen LogP contribution is -2.60. The van der Waals surface area contributed by atoms with Crippen LogP contribution in [-0.4, -0.2) is 35.4 Å². The molecule has 0 aromatic heterocycles. The standard InChI is InChI=1S/C30H43NOS.ClH/c1-21(2)23-10-14-26-24(20-23)11-15-28-29(26,3)17-7-18-30(28,4)31(5)19-16-27(32)22-8-12-25(33-6)13-9-22;/h8-10,12-14,20-21,27-28,32H,7,11,15-19H2,1-6H3;1H. The number of halogens is 1. The molecule has 4 heteroatoms. The van der Waals surface area contributed by atoms with Crippen LogP contribution in [0.2, 0.25) is 0 Å². The monoisotopic (exact) mass is 501 g/mol. The van der Waals surface area contributed by atoms with Crippen molar-refractivity contribution < 1.29 is 5.11 Å². The van der Waals surface area contributed by atoms with Gasteiger partial charge in [0.05, 0.1) is 6.10 Å². The van der Waals surface area contributed by atoms with Gasteiger partial charge in [-0.05, 0) is 104 Å². The minimum atomic E-state index is -0.400. The Hall–Kier alpha value is -1.00. The summed E-state index contributed by atoms with van der Waals surface area (Å²) in [5.41, 5.74) is 6.13. The summed E-state index contributed by atoms with van der Waals surface area (Å²) in [5.74, 6) is 1.24. The number of hydrogen-bond donors (Lipinski definition) is 1. The van der Waals surface area contributed by atoms with E-state index in [1.165, 1.54) is 42.6 Å². The van der Waals surface area contributed by atoms with Crippen LogP contribution in [0.25, 0.3) is 0 Å². The Morgan fingerprint density at radius 2 is 1.74 bits per heavy atom. The van der Waals surface area contributed by atoms with E-state index in [1.54, 1.807) is 22.9 Å². The van der Waals surface area contributed by atoms with Crippen LogP contribution >= 0.6 is 24.2 Å². The summed E-state index contributed by atoms with van der Waals surface area (Å²) in [4.78, 5) is 3.83. The van der Waals surface area contributed by atoms with Crippen molar-refractivity contribution in [3.05, 3.63) is 64.7 Å². The number of aryl methyl sites for hydroxylation is 1. The van der Waals surface area contributed by atoms with Crippen LogP contribution in [0.3, 0.4) is 0 Å². The van der Waals surface area contributed by atoms with Crippen LogP contribution in [-0.2, 0) is 11.8 Å². The Morgan fingerprint density at radius 3 is 2.38 bits per heavy atom. The van der Waals surface area contributed by atoms with Gasteiger partial charge in [-0.1, -0.05) is 57.5 Å². The van der Waals surface area contributed by atoms with E-state index in [0.717, 1.165) is 18.5 Å². The van der Waals surface area contributed by atoms with Gasteiger partial charge in [0.25, 0.3) is 0 Å². The third-order valence-electron chi connectivity index (χ3n) is 9.12. The highest BCUT2D eigenvalue weighted by Crippen LogP contribution is 2.55. The summed E-state index contributed by atoms with van der Waals surface area (Å²) in [6.07, 6.45) is 8.76. The van der Waals surface area contributed by atoms with Gasteiger partial charge in [0.15, 0.2) is 0 Å². The first kappa shape index (κ1) is 27.6. The highest BCUT2D eigenvalue weighted by molar-refractivity contribution is 7.98. The number of hydrogen-bond acceptors (Lipinski definition) is 3. The Bertz CT molecular complexity index is 961. The first-order valence-corrected chi connectivity index (χ1v) is 14.1. The zero-order valence-electron chi connectivity index (χ0n) is 21.9. The number of fused-ring (bicyclic) bond motifs is 3. The minimum absolute atomic E-state index is 0. The maximum absolute atomic E-state index is 10.9. The van der Waals surface area contributed by atoms with Gasteiger partial charge in [-0.3, -0.25) is 0 Å². The maximum atomic E-state index is 10.9. The molecule has 2 aromatic carbocycles. The summed E-state index contributed by atoms with van der Waals surface area (Å²) in [5, 5.41) is 10.9. The van der Waals surface area contributed by atoms with Gasteiger partial charge in [0.2, 0.25) is 0 Å². The summed E-state index contributed by atoms with van der Waals surface area (Å²) in [6, 6.07) is 15.7. The highest BCUT2D eigenvalue weighted by atomic mass is 35.5. The average molecular weight is 502 g/mol. The number of rotatable bonds is 7. The second-order valence-electron chi connectivity index (χ2n) is 11.3. The first-order chi connectivity index (χ1) is 15.7. The Kier molecular flexibility index (Phi) is 8.88. The number of aliphatic hydroxyl groups is 1. The molecule has 188 valence electrons. The first-order valence-electron chi connectivity index (χ1n) is 12.9. The molecule has 4 unspecified atom stereocenters. The maximum Gasteiger partial charge on any atom is 0.0802 e. The van der Waals surface area contributed by atoms with Crippen LogP contribution in [0, 0.1) is 5.92 Å². The second kappa shape index (κ2) is 10.9. The molecule has 0 aliphatic heterocycles. The van der Waals surface area contributed by atoms with E-state index < -0.39 is 6.10 Å². The predicted octanol–water partition coefficient (Wildman–Crippen LogP) is 7.77. The number of aliphatic hydroxyl groups excluding tert-OH is 1. The number of benzene rings is 2. The van der Waals surface area contributed by atoms with Crippen LogP contribution in [0.15, 0.2) is 47.4 Å². The largest absolute Gasteiger partial charge is 0.388 e. The summed E-state index contributed by atoms with van der Waals surface area (Å²) >= 11 is 1.74. The van der Waals surface area contributed by atoms with E-state index in [1.807, 2.05) is 0 Å². The molecule has 0 saturated heterocycles. The SMILES string of the molecule is CSc1ccc(C(O)CCN(C)C2(C)CCCC3(C)c4ccc(C(C)C)cc4CCC32)cc1.Cl. The summed E-state index contributed by atoms with van der Waals surface area (Å²) in [6.45, 7) is 10.6.